The molecule has 1 aromatic heterocycles. The van der Waals surface area contributed by atoms with Crippen molar-refractivity contribution in [3.8, 4) is 0 Å². The van der Waals surface area contributed by atoms with Gasteiger partial charge in [0.15, 0.2) is 0 Å². The third-order valence-corrected chi connectivity index (χ3v) is 6.92. The van der Waals surface area contributed by atoms with Gasteiger partial charge in [-0.25, -0.2) is 9.78 Å². The first kappa shape index (κ1) is 20.1. The molecule has 2 aromatic rings. The van der Waals surface area contributed by atoms with Crippen molar-refractivity contribution in [2.24, 2.45) is 0 Å². The van der Waals surface area contributed by atoms with E-state index >= 15 is 0 Å². The van der Waals surface area contributed by atoms with Gasteiger partial charge in [0.2, 0.25) is 5.91 Å². The Bertz CT molecular complexity index is 950. The van der Waals surface area contributed by atoms with Crippen LogP contribution < -0.4 is 4.90 Å². The number of methoxy groups -OCH3 is 1. The van der Waals surface area contributed by atoms with Gasteiger partial charge in [-0.05, 0) is 30.2 Å². The summed E-state index contributed by atoms with van der Waals surface area (Å²) in [5.41, 5.74) is 1.51. The number of carbonyl (C=O) groups excluding carboxylic acids is 2. The van der Waals surface area contributed by atoms with E-state index < -0.39 is 0 Å². The van der Waals surface area contributed by atoms with E-state index in [0.29, 0.717) is 31.1 Å². The number of fused-ring (bicyclic) bond motifs is 2. The molecule has 0 aliphatic carbocycles. The van der Waals surface area contributed by atoms with E-state index in [2.05, 4.69) is 4.98 Å². The zero-order valence-corrected chi connectivity index (χ0v) is 17.6. The minimum atomic E-state index is -0.352. The number of aromatic nitrogens is 1. The van der Waals surface area contributed by atoms with Gasteiger partial charge in [0.05, 0.1) is 13.5 Å². The predicted molar refractivity (Wildman–Crippen MR) is 111 cm³/mol. The summed E-state index contributed by atoms with van der Waals surface area (Å²) in [5, 5.41) is 10.4. The zero-order valence-electron chi connectivity index (χ0n) is 16.1. The highest BCUT2D eigenvalue weighted by molar-refractivity contribution is 7.11. The molecule has 2 amide bonds. The number of benzene rings is 1. The topological polar surface area (TPSA) is 83.0 Å². The summed E-state index contributed by atoms with van der Waals surface area (Å²) in [6.45, 7) is 1.64. The van der Waals surface area contributed by atoms with E-state index in [0.717, 1.165) is 27.6 Å². The normalized spacial score (nSPS) is 20.4. The maximum atomic E-state index is 13.1. The molecule has 1 saturated heterocycles. The van der Waals surface area contributed by atoms with Gasteiger partial charge >= 0.3 is 6.09 Å². The van der Waals surface area contributed by atoms with Gasteiger partial charge in [0.25, 0.3) is 0 Å². The Hall–Kier alpha value is -2.16. The number of rotatable bonds is 4. The summed E-state index contributed by atoms with van der Waals surface area (Å²) in [6.07, 6.45) is 2.86. The molecule has 0 saturated carbocycles. The minimum absolute atomic E-state index is 0.0353. The average molecular weight is 436 g/mol. The lowest BCUT2D eigenvalue weighted by atomic mass is 9.81. The van der Waals surface area contributed by atoms with Crippen molar-refractivity contribution < 1.29 is 19.4 Å². The molecule has 0 bridgehead atoms. The molecule has 1 aromatic carbocycles. The van der Waals surface area contributed by atoms with E-state index in [1.54, 1.807) is 22.1 Å². The zero-order chi connectivity index (χ0) is 20.6. The first-order chi connectivity index (χ1) is 14.0. The van der Waals surface area contributed by atoms with Gasteiger partial charge in [0, 0.05) is 59.9 Å². The lowest BCUT2D eigenvalue weighted by Crippen LogP contribution is -2.40. The largest absolute Gasteiger partial charge is 0.453 e. The molecule has 2 aliphatic heterocycles. The molecule has 1 atom stereocenters. The average Bonchev–Trinajstić information content (AvgIpc) is 3.41. The van der Waals surface area contributed by atoms with Crippen LogP contribution in [0.3, 0.4) is 0 Å². The number of ether oxygens (including phenoxy) is 1. The number of likely N-dealkylation sites (tertiary alicyclic amines) is 1. The molecular formula is C20H22ClN3O4S. The van der Waals surface area contributed by atoms with Gasteiger partial charge in [-0.3, -0.25) is 4.79 Å². The molecule has 1 spiro atoms. The summed E-state index contributed by atoms with van der Waals surface area (Å²) < 4.78 is 4.88. The number of halogens is 1. The van der Waals surface area contributed by atoms with Gasteiger partial charge in [-0.2, -0.15) is 0 Å². The van der Waals surface area contributed by atoms with Crippen LogP contribution in [0.5, 0.6) is 0 Å². The van der Waals surface area contributed by atoms with Crippen LogP contribution in [0.15, 0.2) is 24.4 Å². The third-order valence-electron chi connectivity index (χ3n) is 5.63. The van der Waals surface area contributed by atoms with Crippen LogP contribution in [0.4, 0.5) is 10.5 Å². The van der Waals surface area contributed by atoms with Crippen molar-refractivity contribution in [1.29, 1.82) is 0 Å². The Labute approximate surface area is 177 Å². The van der Waals surface area contributed by atoms with Crippen molar-refractivity contribution in [1.82, 2.24) is 9.88 Å². The van der Waals surface area contributed by atoms with E-state index in [-0.39, 0.29) is 30.4 Å². The second-order valence-corrected chi connectivity index (χ2v) is 9.07. The fourth-order valence-electron chi connectivity index (χ4n) is 4.25. The van der Waals surface area contributed by atoms with Crippen LogP contribution >= 0.6 is 22.9 Å². The molecule has 2 aliphatic rings. The van der Waals surface area contributed by atoms with Gasteiger partial charge in [-0.15, -0.1) is 11.3 Å². The lowest BCUT2D eigenvalue weighted by Gasteiger charge is -2.25. The van der Waals surface area contributed by atoms with Gasteiger partial charge < -0.3 is 19.6 Å². The molecule has 0 radical (unpaired) electrons. The summed E-state index contributed by atoms with van der Waals surface area (Å²) in [4.78, 5) is 33.9. The number of amides is 2. The van der Waals surface area contributed by atoms with Crippen LogP contribution in [0, 0.1) is 0 Å². The molecule has 7 nitrogen and oxygen atoms in total. The molecule has 154 valence electrons. The highest BCUT2D eigenvalue weighted by Crippen LogP contribution is 2.47. The van der Waals surface area contributed by atoms with Gasteiger partial charge in [-0.1, -0.05) is 11.6 Å². The molecule has 29 heavy (non-hydrogen) atoms. The van der Waals surface area contributed by atoms with E-state index in [4.69, 9.17) is 21.4 Å². The SMILES string of the molecule is COC(=O)N1CCC2(C1)CN(C(=O)Cc1ncc(CCO)s1)c1ccc(Cl)cc12. The maximum absolute atomic E-state index is 13.1. The summed E-state index contributed by atoms with van der Waals surface area (Å²) in [7, 11) is 1.38. The summed E-state index contributed by atoms with van der Waals surface area (Å²) in [5.74, 6) is -0.0353. The number of hydrogen-bond donors (Lipinski definition) is 1. The van der Waals surface area contributed by atoms with Crippen molar-refractivity contribution in [2.75, 3.05) is 38.3 Å². The van der Waals surface area contributed by atoms with Crippen LogP contribution in [0.25, 0.3) is 0 Å². The van der Waals surface area contributed by atoms with Crippen LogP contribution in [0.2, 0.25) is 5.02 Å². The quantitative estimate of drug-likeness (QED) is 0.798. The molecule has 4 rings (SSSR count). The Morgan fingerprint density at radius 2 is 2.21 bits per heavy atom. The van der Waals surface area contributed by atoms with E-state index in [9.17, 15) is 9.59 Å². The Morgan fingerprint density at radius 1 is 1.38 bits per heavy atom. The molecule has 3 heterocycles. The number of carbonyl (C=O) groups is 2. The fraction of sp³-hybridized carbons (Fsp3) is 0.450. The second kappa shape index (κ2) is 7.93. The van der Waals surface area contributed by atoms with Crippen molar-refractivity contribution in [3.63, 3.8) is 0 Å². The third kappa shape index (κ3) is 3.72. The highest BCUT2D eigenvalue weighted by atomic mass is 35.5. The Balaban J connectivity index is 1.59. The molecular weight excluding hydrogens is 414 g/mol. The Kier molecular flexibility index (Phi) is 5.50. The van der Waals surface area contributed by atoms with Crippen molar-refractivity contribution in [2.45, 2.75) is 24.7 Å². The van der Waals surface area contributed by atoms with Crippen molar-refractivity contribution >= 4 is 40.6 Å². The standard InChI is InChI=1S/C20H22ClN3O4S/c1-28-19(27)23-6-5-20(11-23)12-24(16-3-2-13(21)8-15(16)20)18(26)9-17-22-10-14(29-17)4-7-25/h2-3,8,10,25H,4-7,9,11-12H2,1H3. The number of hydrogen-bond acceptors (Lipinski definition) is 6. The first-order valence-electron chi connectivity index (χ1n) is 9.43. The minimum Gasteiger partial charge on any atom is -0.453 e. The highest BCUT2D eigenvalue weighted by Gasteiger charge is 2.50. The maximum Gasteiger partial charge on any atom is 0.409 e. The fourth-order valence-corrected chi connectivity index (χ4v) is 5.33. The van der Waals surface area contributed by atoms with Crippen LogP contribution in [-0.4, -0.2) is 60.3 Å². The second-order valence-electron chi connectivity index (χ2n) is 7.43. The molecule has 1 unspecified atom stereocenters. The summed E-state index contributed by atoms with van der Waals surface area (Å²) >= 11 is 7.71. The number of thiazole rings is 1. The van der Waals surface area contributed by atoms with Crippen molar-refractivity contribution in [3.05, 3.63) is 44.9 Å². The lowest BCUT2D eigenvalue weighted by molar-refractivity contribution is -0.118. The molecule has 1 N–H and O–H groups in total. The van der Waals surface area contributed by atoms with E-state index in [1.165, 1.54) is 18.4 Å². The van der Waals surface area contributed by atoms with Crippen LogP contribution in [-0.2, 0) is 27.8 Å². The predicted octanol–water partition coefficient (Wildman–Crippen LogP) is 2.63. The van der Waals surface area contributed by atoms with E-state index in [1.807, 2.05) is 12.1 Å². The number of aliphatic hydroxyl groups is 1. The van der Waals surface area contributed by atoms with Gasteiger partial charge in [0.1, 0.15) is 5.01 Å². The smallest absolute Gasteiger partial charge is 0.409 e. The molecule has 9 heteroatoms. The molecule has 1 fully saturated rings. The monoisotopic (exact) mass is 435 g/mol. The summed E-state index contributed by atoms with van der Waals surface area (Å²) in [6, 6.07) is 5.58. The number of nitrogens with zero attached hydrogens (tertiary/aromatic N) is 3. The number of aliphatic hydroxyl groups excluding tert-OH is 1. The number of anilines is 1. The Morgan fingerprint density at radius 3 is 2.97 bits per heavy atom. The first-order valence-corrected chi connectivity index (χ1v) is 10.6. The van der Waals surface area contributed by atoms with Crippen LogP contribution in [0.1, 0.15) is 21.9 Å².